The van der Waals surface area contributed by atoms with E-state index in [2.05, 4.69) is 27.7 Å². The molecular weight excluding hydrogens is 278 g/mol. The maximum atomic E-state index is 12.1. The Balaban J connectivity index is 1.59. The zero-order chi connectivity index (χ0) is 15.4. The topological polar surface area (TPSA) is 72.7 Å². The van der Waals surface area contributed by atoms with Crippen LogP contribution in [0.25, 0.3) is 11.4 Å². The lowest BCUT2D eigenvalue weighted by Gasteiger charge is -2.29. The second kappa shape index (κ2) is 6.68. The summed E-state index contributed by atoms with van der Waals surface area (Å²) < 4.78 is 0. The first kappa shape index (κ1) is 14.7. The Morgan fingerprint density at radius 3 is 2.82 bits per heavy atom. The molecule has 1 aliphatic carbocycles. The third-order valence-electron chi connectivity index (χ3n) is 4.23. The van der Waals surface area contributed by atoms with E-state index in [1.807, 2.05) is 30.3 Å². The van der Waals surface area contributed by atoms with Gasteiger partial charge in [0.1, 0.15) is 6.54 Å². The number of rotatable bonds is 4. The minimum atomic E-state index is -0.0456. The number of tetrazole rings is 1. The van der Waals surface area contributed by atoms with Crippen molar-refractivity contribution in [2.45, 2.75) is 45.2 Å². The zero-order valence-corrected chi connectivity index (χ0v) is 12.8. The molecule has 22 heavy (non-hydrogen) atoms. The molecule has 1 aromatic heterocycles. The van der Waals surface area contributed by atoms with Crippen LogP contribution in [0.2, 0.25) is 0 Å². The normalized spacial score (nSPS) is 21.5. The molecule has 0 aliphatic heterocycles. The third kappa shape index (κ3) is 3.50. The Morgan fingerprint density at radius 1 is 1.27 bits per heavy atom. The quantitative estimate of drug-likeness (QED) is 0.937. The lowest BCUT2D eigenvalue weighted by Crippen LogP contribution is -2.42. The van der Waals surface area contributed by atoms with E-state index in [1.54, 1.807) is 0 Å². The van der Waals surface area contributed by atoms with Crippen molar-refractivity contribution in [2.24, 2.45) is 5.92 Å². The van der Waals surface area contributed by atoms with Gasteiger partial charge in [0.15, 0.2) is 0 Å². The molecule has 6 nitrogen and oxygen atoms in total. The standard InChI is InChI=1S/C16H21N5O/c1-12-7-5-6-10-14(12)17-15(22)11-21-19-16(18-20-21)13-8-3-2-4-9-13/h2-4,8-9,12,14H,5-7,10-11H2,1H3,(H,17,22)/t12-,14+/m1/s1. The minimum absolute atomic E-state index is 0.0456. The van der Waals surface area contributed by atoms with Crippen molar-refractivity contribution in [1.82, 2.24) is 25.5 Å². The summed E-state index contributed by atoms with van der Waals surface area (Å²) in [4.78, 5) is 13.5. The molecular formula is C16H21N5O. The lowest BCUT2D eigenvalue weighted by atomic mass is 9.86. The van der Waals surface area contributed by atoms with Crippen LogP contribution in [0.5, 0.6) is 0 Å². The second-order valence-corrected chi connectivity index (χ2v) is 5.95. The van der Waals surface area contributed by atoms with E-state index in [-0.39, 0.29) is 18.5 Å². The Morgan fingerprint density at radius 2 is 2.05 bits per heavy atom. The van der Waals surface area contributed by atoms with E-state index in [4.69, 9.17) is 0 Å². The molecule has 0 unspecified atom stereocenters. The zero-order valence-electron chi connectivity index (χ0n) is 12.8. The van der Waals surface area contributed by atoms with Gasteiger partial charge in [0.2, 0.25) is 11.7 Å². The molecule has 6 heteroatoms. The van der Waals surface area contributed by atoms with E-state index in [0.29, 0.717) is 11.7 Å². The number of aromatic nitrogens is 4. The van der Waals surface area contributed by atoms with Crippen LogP contribution in [0.3, 0.4) is 0 Å². The van der Waals surface area contributed by atoms with Gasteiger partial charge in [-0.05, 0) is 24.0 Å². The number of nitrogens with one attached hydrogen (secondary N) is 1. The molecule has 0 radical (unpaired) electrons. The highest BCUT2D eigenvalue weighted by atomic mass is 16.2. The molecule has 2 atom stereocenters. The average Bonchev–Trinajstić information content (AvgIpc) is 2.99. The highest BCUT2D eigenvalue weighted by molar-refractivity contribution is 5.75. The number of carbonyl (C=O) groups is 1. The highest BCUT2D eigenvalue weighted by Gasteiger charge is 2.23. The van der Waals surface area contributed by atoms with Gasteiger partial charge in [-0.1, -0.05) is 50.1 Å². The summed E-state index contributed by atoms with van der Waals surface area (Å²) in [5.74, 6) is 1.04. The van der Waals surface area contributed by atoms with Crippen molar-refractivity contribution in [3.8, 4) is 11.4 Å². The smallest absolute Gasteiger partial charge is 0.243 e. The SMILES string of the molecule is C[C@@H]1CCCC[C@@H]1NC(=O)Cn1nnc(-c2ccccc2)n1. The third-order valence-corrected chi connectivity index (χ3v) is 4.23. The summed E-state index contributed by atoms with van der Waals surface area (Å²) in [5, 5.41) is 15.3. The number of hydrogen-bond acceptors (Lipinski definition) is 4. The molecule has 1 aromatic carbocycles. The monoisotopic (exact) mass is 299 g/mol. The molecule has 3 rings (SSSR count). The van der Waals surface area contributed by atoms with Crippen molar-refractivity contribution in [2.75, 3.05) is 0 Å². The van der Waals surface area contributed by atoms with Crippen LogP contribution in [-0.4, -0.2) is 32.2 Å². The van der Waals surface area contributed by atoms with E-state index in [1.165, 1.54) is 24.1 Å². The molecule has 116 valence electrons. The van der Waals surface area contributed by atoms with Crippen LogP contribution >= 0.6 is 0 Å². The summed E-state index contributed by atoms with van der Waals surface area (Å²) >= 11 is 0. The molecule has 0 bridgehead atoms. The van der Waals surface area contributed by atoms with Gasteiger partial charge in [-0.3, -0.25) is 4.79 Å². The van der Waals surface area contributed by atoms with Crippen LogP contribution in [0, 0.1) is 5.92 Å². The largest absolute Gasteiger partial charge is 0.351 e. The lowest BCUT2D eigenvalue weighted by molar-refractivity contribution is -0.123. The fourth-order valence-electron chi connectivity index (χ4n) is 2.92. The van der Waals surface area contributed by atoms with Gasteiger partial charge in [0, 0.05) is 11.6 Å². The second-order valence-electron chi connectivity index (χ2n) is 5.95. The van der Waals surface area contributed by atoms with Gasteiger partial charge in [-0.2, -0.15) is 4.80 Å². The van der Waals surface area contributed by atoms with Crippen LogP contribution < -0.4 is 5.32 Å². The Hall–Kier alpha value is -2.24. The molecule has 1 fully saturated rings. The molecule has 1 saturated carbocycles. The molecule has 2 aromatic rings. The van der Waals surface area contributed by atoms with Crippen LogP contribution in [0.4, 0.5) is 0 Å². The van der Waals surface area contributed by atoms with Crippen molar-refractivity contribution in [1.29, 1.82) is 0 Å². The molecule has 1 N–H and O–H groups in total. The maximum Gasteiger partial charge on any atom is 0.243 e. The van der Waals surface area contributed by atoms with Crippen molar-refractivity contribution >= 4 is 5.91 Å². The van der Waals surface area contributed by atoms with Gasteiger partial charge in [-0.25, -0.2) is 0 Å². The van der Waals surface area contributed by atoms with Crippen LogP contribution in [0.15, 0.2) is 30.3 Å². The van der Waals surface area contributed by atoms with Gasteiger partial charge < -0.3 is 5.32 Å². The first-order valence-electron chi connectivity index (χ1n) is 7.85. The Kier molecular flexibility index (Phi) is 4.46. The van der Waals surface area contributed by atoms with E-state index >= 15 is 0 Å². The summed E-state index contributed by atoms with van der Waals surface area (Å²) in [6.45, 7) is 2.31. The van der Waals surface area contributed by atoms with E-state index in [9.17, 15) is 4.79 Å². The van der Waals surface area contributed by atoms with Gasteiger partial charge in [0.25, 0.3) is 0 Å². The van der Waals surface area contributed by atoms with Crippen molar-refractivity contribution in [3.63, 3.8) is 0 Å². The van der Waals surface area contributed by atoms with Crippen LogP contribution in [-0.2, 0) is 11.3 Å². The summed E-state index contributed by atoms with van der Waals surface area (Å²) in [6, 6.07) is 9.90. The molecule has 1 amide bonds. The summed E-state index contributed by atoms with van der Waals surface area (Å²) in [5.41, 5.74) is 0.898. The van der Waals surface area contributed by atoms with Crippen molar-refractivity contribution in [3.05, 3.63) is 30.3 Å². The number of amides is 1. The minimum Gasteiger partial charge on any atom is -0.351 e. The first-order valence-corrected chi connectivity index (χ1v) is 7.85. The summed E-state index contributed by atoms with van der Waals surface area (Å²) in [7, 11) is 0. The fourth-order valence-corrected chi connectivity index (χ4v) is 2.92. The Labute approximate surface area is 129 Å². The average molecular weight is 299 g/mol. The number of carbonyl (C=O) groups excluding carboxylic acids is 1. The maximum absolute atomic E-state index is 12.1. The van der Waals surface area contributed by atoms with E-state index < -0.39 is 0 Å². The molecule has 0 saturated heterocycles. The van der Waals surface area contributed by atoms with Gasteiger partial charge in [0.05, 0.1) is 0 Å². The number of nitrogens with zero attached hydrogens (tertiary/aromatic N) is 4. The van der Waals surface area contributed by atoms with Gasteiger partial charge in [-0.15, -0.1) is 10.2 Å². The predicted octanol–water partition coefficient (Wildman–Crippen LogP) is 2.04. The van der Waals surface area contributed by atoms with E-state index in [0.717, 1.165) is 12.0 Å². The van der Waals surface area contributed by atoms with Gasteiger partial charge >= 0.3 is 0 Å². The summed E-state index contributed by atoms with van der Waals surface area (Å²) in [6.07, 6.45) is 4.70. The predicted molar refractivity (Wildman–Crippen MR) is 82.8 cm³/mol. The Bertz CT molecular complexity index is 624. The molecule has 0 spiro atoms. The molecule has 1 aliphatic rings. The van der Waals surface area contributed by atoms with Crippen LogP contribution in [0.1, 0.15) is 32.6 Å². The molecule has 1 heterocycles. The number of benzene rings is 1. The number of hydrogen-bond donors (Lipinski definition) is 1. The van der Waals surface area contributed by atoms with Crippen molar-refractivity contribution < 1.29 is 4.79 Å². The fraction of sp³-hybridized carbons (Fsp3) is 0.500. The highest BCUT2D eigenvalue weighted by Crippen LogP contribution is 2.23. The first-order chi connectivity index (χ1) is 10.7.